The molecule has 136 valence electrons. The number of H-pyrrole nitrogens is 1. The number of carbonyl (C=O) groups excluding carboxylic acids is 1. The second-order valence-electron chi connectivity index (χ2n) is 6.82. The zero-order chi connectivity index (χ0) is 18.0. The van der Waals surface area contributed by atoms with Gasteiger partial charge < -0.3 is 9.72 Å². The number of nitrogens with one attached hydrogen (secondary N) is 1. The third-order valence-corrected chi connectivity index (χ3v) is 5.42. The van der Waals surface area contributed by atoms with Crippen molar-refractivity contribution in [3.63, 3.8) is 0 Å². The van der Waals surface area contributed by atoms with E-state index in [0.717, 1.165) is 38.5 Å². The van der Waals surface area contributed by atoms with Gasteiger partial charge in [-0.3, -0.25) is 9.59 Å². The average Bonchev–Trinajstić information content (AvgIpc) is 3.07. The van der Waals surface area contributed by atoms with Gasteiger partial charge in [-0.25, -0.2) is 9.67 Å². The molecule has 1 saturated carbocycles. The maximum absolute atomic E-state index is 12.5. The van der Waals surface area contributed by atoms with Crippen LogP contribution in [0.5, 0.6) is 0 Å². The maximum Gasteiger partial charge on any atom is 0.308 e. The molecule has 7 heteroatoms. The van der Waals surface area contributed by atoms with E-state index in [4.69, 9.17) is 9.72 Å². The van der Waals surface area contributed by atoms with Crippen LogP contribution >= 0.6 is 0 Å². The van der Waals surface area contributed by atoms with Gasteiger partial charge in [0.25, 0.3) is 5.56 Å². The molecule has 0 aromatic carbocycles. The first-order chi connectivity index (χ1) is 12.1. The standard InChI is InChI=1S/C18H26N4O3/c1-4-13(5-2)22-16-14(10-19-22)17(23)21-15(20-16)11-6-8-12(9-7-11)18(24)25-3/h10-13H,4-9H2,1-3H3,(H,20,21,23). The number of aromatic nitrogens is 4. The zero-order valence-corrected chi connectivity index (χ0v) is 15.1. The second kappa shape index (κ2) is 7.37. The van der Waals surface area contributed by atoms with Crippen molar-refractivity contribution in [1.29, 1.82) is 0 Å². The predicted octanol–water partition coefficient (Wildman–Crippen LogP) is 2.93. The Labute approximate surface area is 146 Å². The molecule has 0 unspecified atom stereocenters. The third kappa shape index (κ3) is 3.32. The fraction of sp³-hybridized carbons (Fsp3) is 0.667. The van der Waals surface area contributed by atoms with Gasteiger partial charge >= 0.3 is 5.97 Å². The van der Waals surface area contributed by atoms with Gasteiger partial charge in [0.05, 0.1) is 25.3 Å². The van der Waals surface area contributed by atoms with Gasteiger partial charge in [-0.05, 0) is 38.5 Å². The van der Waals surface area contributed by atoms with Crippen molar-refractivity contribution in [1.82, 2.24) is 19.7 Å². The molecule has 1 N–H and O–H groups in total. The predicted molar refractivity (Wildman–Crippen MR) is 94.5 cm³/mol. The summed E-state index contributed by atoms with van der Waals surface area (Å²) in [7, 11) is 1.43. The minimum absolute atomic E-state index is 0.0354. The van der Waals surface area contributed by atoms with Gasteiger partial charge in [0.15, 0.2) is 5.65 Å². The summed E-state index contributed by atoms with van der Waals surface area (Å²) < 4.78 is 6.72. The molecule has 1 aliphatic rings. The summed E-state index contributed by atoms with van der Waals surface area (Å²) >= 11 is 0. The molecule has 0 amide bonds. The lowest BCUT2D eigenvalue weighted by Gasteiger charge is -2.26. The molecule has 0 bridgehead atoms. The first-order valence-electron chi connectivity index (χ1n) is 9.14. The molecule has 25 heavy (non-hydrogen) atoms. The number of hydrogen-bond acceptors (Lipinski definition) is 5. The van der Waals surface area contributed by atoms with Crippen molar-refractivity contribution in [3.05, 3.63) is 22.4 Å². The lowest BCUT2D eigenvalue weighted by atomic mass is 9.81. The second-order valence-corrected chi connectivity index (χ2v) is 6.82. The van der Waals surface area contributed by atoms with Gasteiger partial charge in [-0.2, -0.15) is 5.10 Å². The highest BCUT2D eigenvalue weighted by atomic mass is 16.5. The molecular formula is C18H26N4O3. The first-order valence-corrected chi connectivity index (χ1v) is 9.14. The minimum Gasteiger partial charge on any atom is -0.469 e. The van der Waals surface area contributed by atoms with E-state index >= 15 is 0 Å². The number of hydrogen-bond donors (Lipinski definition) is 1. The highest BCUT2D eigenvalue weighted by molar-refractivity contribution is 5.73. The number of esters is 1. The molecule has 2 heterocycles. The molecule has 1 aliphatic carbocycles. The fourth-order valence-corrected chi connectivity index (χ4v) is 3.82. The van der Waals surface area contributed by atoms with E-state index in [0.29, 0.717) is 16.9 Å². The summed E-state index contributed by atoms with van der Waals surface area (Å²) in [6.45, 7) is 4.23. The molecule has 1 fully saturated rings. The van der Waals surface area contributed by atoms with Crippen LogP contribution in [0.15, 0.2) is 11.0 Å². The Kier molecular flexibility index (Phi) is 5.20. The van der Waals surface area contributed by atoms with Crippen LogP contribution in [0.2, 0.25) is 0 Å². The van der Waals surface area contributed by atoms with Crippen molar-refractivity contribution in [3.8, 4) is 0 Å². The summed E-state index contributed by atoms with van der Waals surface area (Å²) in [6, 6.07) is 0.245. The number of fused-ring (bicyclic) bond motifs is 1. The Morgan fingerprint density at radius 3 is 2.60 bits per heavy atom. The van der Waals surface area contributed by atoms with E-state index in [2.05, 4.69) is 23.9 Å². The SMILES string of the molecule is CCC(CC)n1ncc2c(=O)[nH]c(C3CCC(C(=O)OC)CC3)nc21. The molecule has 0 atom stereocenters. The Hall–Kier alpha value is -2.18. The monoisotopic (exact) mass is 346 g/mol. The average molecular weight is 346 g/mol. The molecule has 0 spiro atoms. The normalized spacial score (nSPS) is 21.0. The summed E-state index contributed by atoms with van der Waals surface area (Å²) in [6.07, 6.45) is 6.69. The van der Waals surface area contributed by atoms with Gasteiger partial charge in [0.2, 0.25) is 0 Å². The van der Waals surface area contributed by atoms with E-state index in [-0.39, 0.29) is 29.4 Å². The van der Waals surface area contributed by atoms with Crippen molar-refractivity contribution in [2.24, 2.45) is 5.92 Å². The number of carbonyl (C=O) groups is 1. The molecule has 2 aromatic heterocycles. The zero-order valence-electron chi connectivity index (χ0n) is 15.1. The van der Waals surface area contributed by atoms with E-state index in [1.807, 2.05) is 4.68 Å². The summed E-state index contributed by atoms with van der Waals surface area (Å²) in [4.78, 5) is 31.8. The van der Waals surface area contributed by atoms with Crippen LogP contribution in [-0.2, 0) is 9.53 Å². The molecule has 2 aromatic rings. The van der Waals surface area contributed by atoms with Crippen LogP contribution in [0.25, 0.3) is 11.0 Å². The number of ether oxygens (including phenoxy) is 1. The van der Waals surface area contributed by atoms with Crippen LogP contribution in [0.3, 0.4) is 0 Å². The summed E-state index contributed by atoms with van der Waals surface area (Å²) in [5.74, 6) is 0.713. The number of methoxy groups -OCH3 is 1. The molecule has 7 nitrogen and oxygen atoms in total. The largest absolute Gasteiger partial charge is 0.469 e. The molecule has 0 radical (unpaired) electrons. The van der Waals surface area contributed by atoms with Crippen LogP contribution < -0.4 is 5.56 Å². The number of rotatable bonds is 5. The summed E-state index contributed by atoms with van der Waals surface area (Å²) in [5.41, 5.74) is 0.537. The highest BCUT2D eigenvalue weighted by Crippen LogP contribution is 2.35. The van der Waals surface area contributed by atoms with Crippen LogP contribution in [0.4, 0.5) is 0 Å². The maximum atomic E-state index is 12.5. The van der Waals surface area contributed by atoms with E-state index in [1.165, 1.54) is 7.11 Å². The van der Waals surface area contributed by atoms with Gasteiger partial charge in [-0.15, -0.1) is 0 Å². The van der Waals surface area contributed by atoms with E-state index in [9.17, 15) is 9.59 Å². The number of aromatic amines is 1. The first kappa shape index (κ1) is 17.6. The lowest BCUT2D eigenvalue weighted by molar-refractivity contribution is -0.146. The topological polar surface area (TPSA) is 89.9 Å². The van der Waals surface area contributed by atoms with Crippen molar-refractivity contribution in [2.45, 2.75) is 64.3 Å². The van der Waals surface area contributed by atoms with Crippen molar-refractivity contribution >= 4 is 17.0 Å². The van der Waals surface area contributed by atoms with E-state index in [1.54, 1.807) is 6.20 Å². The van der Waals surface area contributed by atoms with Crippen LogP contribution in [-0.4, -0.2) is 32.8 Å². The van der Waals surface area contributed by atoms with Gasteiger partial charge in [0, 0.05) is 5.92 Å². The molecule has 0 saturated heterocycles. The Balaban J connectivity index is 1.89. The molecule has 0 aliphatic heterocycles. The summed E-state index contributed by atoms with van der Waals surface area (Å²) in [5, 5.41) is 4.94. The fourth-order valence-electron chi connectivity index (χ4n) is 3.82. The van der Waals surface area contributed by atoms with Gasteiger partial charge in [-0.1, -0.05) is 13.8 Å². The van der Waals surface area contributed by atoms with Crippen LogP contribution in [0.1, 0.15) is 70.2 Å². The lowest BCUT2D eigenvalue weighted by Crippen LogP contribution is -2.24. The molecular weight excluding hydrogens is 320 g/mol. The smallest absolute Gasteiger partial charge is 0.308 e. The van der Waals surface area contributed by atoms with Gasteiger partial charge in [0.1, 0.15) is 11.2 Å². The van der Waals surface area contributed by atoms with Crippen molar-refractivity contribution in [2.75, 3.05) is 7.11 Å². The quantitative estimate of drug-likeness (QED) is 0.841. The number of nitrogens with zero attached hydrogens (tertiary/aromatic N) is 3. The van der Waals surface area contributed by atoms with Crippen LogP contribution in [0, 0.1) is 5.92 Å². The highest BCUT2D eigenvalue weighted by Gasteiger charge is 2.29. The van der Waals surface area contributed by atoms with E-state index < -0.39 is 0 Å². The third-order valence-electron chi connectivity index (χ3n) is 5.42. The van der Waals surface area contributed by atoms with Crippen molar-refractivity contribution < 1.29 is 9.53 Å². The Bertz CT molecular complexity index is 798. The molecule has 3 rings (SSSR count). The Morgan fingerprint density at radius 1 is 1.32 bits per heavy atom. The Morgan fingerprint density at radius 2 is 2.00 bits per heavy atom. The minimum atomic E-state index is -0.137.